The zero-order valence-corrected chi connectivity index (χ0v) is 31.3. The molecule has 10 aromatic rings. The van der Waals surface area contributed by atoms with Gasteiger partial charge in [0.25, 0.3) is 0 Å². The van der Waals surface area contributed by atoms with E-state index in [2.05, 4.69) is 219 Å². The number of fused-ring (bicyclic) bond motifs is 5. The third-order valence-electron chi connectivity index (χ3n) is 11.4. The van der Waals surface area contributed by atoms with E-state index in [1.807, 2.05) is 6.07 Å². The van der Waals surface area contributed by atoms with Crippen LogP contribution in [0.2, 0.25) is 0 Å². The molecule has 0 N–H and O–H groups in total. The first-order chi connectivity index (χ1) is 27.6. The van der Waals surface area contributed by atoms with E-state index in [0.717, 1.165) is 21.8 Å². The summed E-state index contributed by atoms with van der Waals surface area (Å²) in [5.41, 5.74) is 8.23. The largest absolute Gasteiger partial charge is 0.309 e. The van der Waals surface area contributed by atoms with E-state index in [1.165, 1.54) is 81.5 Å². The second kappa shape index (κ2) is 13.9. The summed E-state index contributed by atoms with van der Waals surface area (Å²) in [6.07, 6.45) is 0. The van der Waals surface area contributed by atoms with Crippen LogP contribution in [0, 0.1) is 10.4 Å². The highest BCUT2D eigenvalue weighted by Crippen LogP contribution is 2.45. The third kappa shape index (κ3) is 5.73. The minimum Gasteiger partial charge on any atom is -0.309 e. The Morgan fingerprint density at radius 3 is 1.54 bits per heavy atom. The van der Waals surface area contributed by atoms with Crippen LogP contribution in [0.15, 0.2) is 206 Å². The van der Waals surface area contributed by atoms with E-state index >= 15 is 0 Å². The van der Waals surface area contributed by atoms with Crippen molar-refractivity contribution in [3.63, 3.8) is 0 Å². The SMILES string of the molecule is C=c1cccc/c1=c1\cccc\c1=C(\C)c1ccc(N(c2ccc(-c3cc4ccccc4c4ccccc34)cc2)c2c3ccccc3cc3ccccc23)cc1. The number of hydrogen-bond acceptors (Lipinski definition) is 1. The second-order valence-corrected chi connectivity index (χ2v) is 14.6. The van der Waals surface area contributed by atoms with Crippen molar-refractivity contribution < 1.29 is 0 Å². The number of hydrogen-bond donors (Lipinski definition) is 0. The van der Waals surface area contributed by atoms with Crippen LogP contribution in [-0.2, 0) is 0 Å². The average molecular weight is 714 g/mol. The van der Waals surface area contributed by atoms with Crippen LogP contribution in [0.25, 0.3) is 66.4 Å². The highest BCUT2D eigenvalue weighted by Gasteiger charge is 2.19. The predicted molar refractivity (Wildman–Crippen MR) is 240 cm³/mol. The Balaban J connectivity index is 1.17. The Bertz CT molecular complexity index is 3270. The fourth-order valence-corrected chi connectivity index (χ4v) is 8.57. The lowest BCUT2D eigenvalue weighted by Crippen LogP contribution is -2.12. The highest BCUT2D eigenvalue weighted by atomic mass is 15.1. The van der Waals surface area contributed by atoms with E-state index in [4.69, 9.17) is 0 Å². The average Bonchev–Trinajstić information content (AvgIpc) is 3.26. The van der Waals surface area contributed by atoms with E-state index < -0.39 is 0 Å². The molecule has 264 valence electrons. The van der Waals surface area contributed by atoms with Gasteiger partial charge in [0, 0.05) is 22.1 Å². The van der Waals surface area contributed by atoms with Crippen molar-refractivity contribution in [1.82, 2.24) is 0 Å². The first-order valence-electron chi connectivity index (χ1n) is 19.3. The summed E-state index contributed by atoms with van der Waals surface area (Å²) in [7, 11) is 0. The van der Waals surface area contributed by atoms with Gasteiger partial charge in [-0.25, -0.2) is 0 Å². The minimum atomic E-state index is 1.03. The Morgan fingerprint density at radius 2 is 0.893 bits per heavy atom. The van der Waals surface area contributed by atoms with Gasteiger partial charge in [0.2, 0.25) is 0 Å². The Hall–Kier alpha value is -7.22. The first kappa shape index (κ1) is 33.4. The quantitative estimate of drug-likeness (QED) is 0.127. The van der Waals surface area contributed by atoms with Crippen molar-refractivity contribution in [2.45, 2.75) is 6.92 Å². The molecule has 0 saturated heterocycles. The van der Waals surface area contributed by atoms with Crippen molar-refractivity contribution in [3.8, 4) is 11.1 Å². The van der Waals surface area contributed by atoms with Crippen LogP contribution in [0.3, 0.4) is 0 Å². The van der Waals surface area contributed by atoms with E-state index in [-0.39, 0.29) is 0 Å². The minimum absolute atomic E-state index is 1.03. The maximum atomic E-state index is 4.33. The molecule has 10 rings (SSSR count). The van der Waals surface area contributed by atoms with E-state index in [0.29, 0.717) is 0 Å². The fourth-order valence-electron chi connectivity index (χ4n) is 8.57. The van der Waals surface area contributed by atoms with Crippen LogP contribution in [0.4, 0.5) is 17.1 Å². The van der Waals surface area contributed by atoms with E-state index in [9.17, 15) is 0 Å². The maximum Gasteiger partial charge on any atom is 0.0618 e. The molecule has 0 aromatic heterocycles. The van der Waals surface area contributed by atoms with Crippen molar-refractivity contribution in [1.29, 1.82) is 0 Å². The van der Waals surface area contributed by atoms with Crippen LogP contribution < -0.4 is 15.3 Å². The Morgan fingerprint density at radius 1 is 0.411 bits per heavy atom. The van der Waals surface area contributed by atoms with Crippen molar-refractivity contribution in [2.24, 2.45) is 0 Å². The summed E-state index contributed by atoms with van der Waals surface area (Å²) in [6.45, 7) is 6.56. The van der Waals surface area contributed by atoms with Crippen molar-refractivity contribution in [2.75, 3.05) is 4.90 Å². The zero-order valence-electron chi connectivity index (χ0n) is 31.3. The van der Waals surface area contributed by atoms with Gasteiger partial charge in [-0.3, -0.25) is 0 Å². The lowest BCUT2D eigenvalue weighted by Gasteiger charge is -2.29. The molecule has 0 heterocycles. The van der Waals surface area contributed by atoms with Gasteiger partial charge >= 0.3 is 0 Å². The molecule has 56 heavy (non-hydrogen) atoms. The van der Waals surface area contributed by atoms with Gasteiger partial charge in [0.05, 0.1) is 5.69 Å². The molecule has 0 aliphatic rings. The molecule has 0 unspecified atom stereocenters. The second-order valence-electron chi connectivity index (χ2n) is 14.6. The van der Waals surface area contributed by atoms with Gasteiger partial charge < -0.3 is 4.90 Å². The molecular weight excluding hydrogens is 675 g/mol. The monoisotopic (exact) mass is 713 g/mol. The summed E-state index contributed by atoms with van der Waals surface area (Å²) in [4.78, 5) is 2.44. The molecule has 0 spiro atoms. The topological polar surface area (TPSA) is 3.24 Å². The summed E-state index contributed by atoms with van der Waals surface area (Å²) in [5, 5.41) is 14.5. The number of benzene rings is 10. The maximum absolute atomic E-state index is 4.33. The molecule has 0 radical (unpaired) electrons. The predicted octanol–water partition coefficient (Wildman–Crippen LogP) is 13.4. The van der Waals surface area contributed by atoms with Crippen LogP contribution in [-0.4, -0.2) is 0 Å². The van der Waals surface area contributed by atoms with E-state index in [1.54, 1.807) is 0 Å². The number of anilines is 3. The molecule has 1 heteroatoms. The number of rotatable bonds is 5. The molecule has 0 aliphatic heterocycles. The van der Waals surface area contributed by atoms with Gasteiger partial charge in [-0.1, -0.05) is 176 Å². The van der Waals surface area contributed by atoms with Gasteiger partial charge in [-0.15, -0.1) is 0 Å². The summed E-state index contributed by atoms with van der Waals surface area (Å²) in [5.74, 6) is 0. The van der Waals surface area contributed by atoms with Gasteiger partial charge in [-0.05, 0) is 119 Å². The van der Waals surface area contributed by atoms with Gasteiger partial charge in [-0.2, -0.15) is 0 Å². The summed E-state index contributed by atoms with van der Waals surface area (Å²) in [6, 6.07) is 74.9. The van der Waals surface area contributed by atoms with Crippen LogP contribution >= 0.6 is 0 Å². The molecule has 0 atom stereocenters. The summed E-state index contributed by atoms with van der Waals surface area (Å²) < 4.78 is 0. The van der Waals surface area contributed by atoms with Crippen LogP contribution in [0.1, 0.15) is 12.5 Å². The molecular formula is C55H39N. The van der Waals surface area contributed by atoms with Crippen molar-refractivity contribution in [3.05, 3.63) is 233 Å². The third-order valence-corrected chi connectivity index (χ3v) is 11.4. The van der Waals surface area contributed by atoms with Gasteiger partial charge in [0.15, 0.2) is 0 Å². The zero-order chi connectivity index (χ0) is 37.6. The molecule has 0 bridgehead atoms. The standard InChI is InChI=1S/C55H39N/c1-37-15-3-7-19-46(37)51-24-12-11-20-47(51)38(2)39-27-31-44(32-28-39)56(55-49-22-9-5-16-41(49)35-42-17-6-10-23-50(42)55)45-33-29-40(30-34-45)54-36-43-18-4-8-21-48(43)52-25-13-14-26-53(52)54/h3-36H,1H2,2H3/b47-38+,51-46-. The highest BCUT2D eigenvalue weighted by molar-refractivity contribution is 6.15. The molecule has 1 nitrogen and oxygen atoms in total. The Labute approximate surface area is 326 Å². The van der Waals surface area contributed by atoms with Crippen LogP contribution in [0.5, 0.6) is 0 Å². The lowest BCUT2D eigenvalue weighted by atomic mass is 9.93. The number of nitrogens with zero attached hydrogens (tertiary/aromatic N) is 1. The molecule has 0 amide bonds. The fraction of sp³-hybridized carbons (Fsp3) is 0.0182. The first-order valence-corrected chi connectivity index (χ1v) is 19.3. The molecule has 0 saturated carbocycles. The summed E-state index contributed by atoms with van der Waals surface area (Å²) >= 11 is 0. The molecule has 0 fully saturated rings. The Kier molecular flexibility index (Phi) is 8.27. The molecule has 0 aliphatic carbocycles. The molecule has 10 aromatic carbocycles. The normalized spacial score (nSPS) is 12.7. The smallest absolute Gasteiger partial charge is 0.0618 e. The van der Waals surface area contributed by atoms with Gasteiger partial charge in [0.1, 0.15) is 0 Å². The lowest BCUT2D eigenvalue weighted by molar-refractivity contribution is 1.30. The van der Waals surface area contributed by atoms with Crippen molar-refractivity contribution >= 4 is 72.3 Å².